The van der Waals surface area contributed by atoms with Crippen molar-refractivity contribution >= 4 is 17.3 Å². The number of hydrogen-bond donors (Lipinski definition) is 1. The molecule has 1 heterocycles. The molecular weight excluding hydrogens is 516 g/mol. The maximum Gasteiger partial charge on any atom is 0.255 e. The van der Waals surface area contributed by atoms with Gasteiger partial charge in [0, 0.05) is 36.5 Å². The predicted octanol–water partition coefficient (Wildman–Crippen LogP) is 6.36. The van der Waals surface area contributed by atoms with Crippen molar-refractivity contribution in [3.63, 3.8) is 0 Å². The van der Waals surface area contributed by atoms with Gasteiger partial charge in [-0.2, -0.15) is 5.10 Å². The number of nitrogens with zero attached hydrogens (tertiary/aromatic N) is 3. The molecule has 0 aliphatic carbocycles. The van der Waals surface area contributed by atoms with Gasteiger partial charge in [-0.3, -0.25) is 4.79 Å². The van der Waals surface area contributed by atoms with Gasteiger partial charge in [0.2, 0.25) is 5.75 Å². The first-order valence-corrected chi connectivity index (χ1v) is 13.2. The van der Waals surface area contributed by atoms with E-state index in [1.165, 1.54) is 32.5 Å². The van der Waals surface area contributed by atoms with Crippen LogP contribution in [0.25, 0.3) is 5.69 Å². The fraction of sp³-hybridized carbons (Fsp3) is 0.152. The Labute approximate surface area is 239 Å². The lowest BCUT2D eigenvalue weighted by atomic mass is 10.1. The highest BCUT2D eigenvalue weighted by molar-refractivity contribution is 6.04. The molecule has 1 amide bonds. The monoisotopic (exact) mass is 548 g/mol. The van der Waals surface area contributed by atoms with Gasteiger partial charge in [-0.15, -0.1) is 0 Å². The third-order valence-corrected chi connectivity index (χ3v) is 6.66. The minimum Gasteiger partial charge on any atom is -0.493 e. The molecule has 0 aliphatic heterocycles. The number of amides is 1. The second-order valence-electron chi connectivity index (χ2n) is 9.39. The second-order valence-corrected chi connectivity index (χ2v) is 9.39. The van der Waals surface area contributed by atoms with E-state index in [4.69, 9.17) is 14.2 Å². The van der Waals surface area contributed by atoms with E-state index in [2.05, 4.69) is 39.6 Å². The maximum atomic E-state index is 13.2. The number of carbonyl (C=O) groups is 1. The summed E-state index contributed by atoms with van der Waals surface area (Å²) < 4.78 is 18.0. The van der Waals surface area contributed by atoms with E-state index in [0.717, 1.165) is 24.5 Å². The van der Waals surface area contributed by atoms with Gasteiger partial charge < -0.3 is 24.4 Å². The predicted molar refractivity (Wildman–Crippen MR) is 160 cm³/mol. The van der Waals surface area contributed by atoms with Crippen LogP contribution in [0.3, 0.4) is 0 Å². The lowest BCUT2D eigenvalue weighted by Crippen LogP contribution is -2.21. The van der Waals surface area contributed by atoms with Gasteiger partial charge in [0.25, 0.3) is 5.91 Å². The normalized spacial score (nSPS) is 10.6. The molecule has 1 aromatic heterocycles. The van der Waals surface area contributed by atoms with Gasteiger partial charge >= 0.3 is 0 Å². The van der Waals surface area contributed by atoms with Gasteiger partial charge in [0.15, 0.2) is 11.5 Å². The first kappa shape index (κ1) is 27.3. The molecule has 208 valence electrons. The minimum atomic E-state index is -0.275. The molecule has 0 fully saturated rings. The van der Waals surface area contributed by atoms with Gasteiger partial charge in [0.1, 0.15) is 0 Å². The molecule has 41 heavy (non-hydrogen) atoms. The third-order valence-electron chi connectivity index (χ3n) is 6.66. The van der Waals surface area contributed by atoms with Crippen LogP contribution < -0.4 is 24.4 Å². The zero-order valence-electron chi connectivity index (χ0n) is 23.3. The van der Waals surface area contributed by atoms with Crippen molar-refractivity contribution in [3.8, 4) is 22.9 Å². The highest BCUT2D eigenvalue weighted by Crippen LogP contribution is 2.40. The molecule has 0 aliphatic rings. The van der Waals surface area contributed by atoms with Crippen molar-refractivity contribution in [1.82, 2.24) is 9.78 Å². The quantitative estimate of drug-likeness (QED) is 0.207. The molecule has 5 aromatic rings. The Kier molecular flexibility index (Phi) is 8.49. The van der Waals surface area contributed by atoms with Gasteiger partial charge in [-0.25, -0.2) is 4.68 Å². The first-order valence-electron chi connectivity index (χ1n) is 13.2. The SMILES string of the molecule is COc1cc(NC(=O)c2cccc(-n3cc(N(Cc4ccccc4)Cc4ccccc4)cn3)c2)cc(OC)c1OC. The molecule has 0 atom stereocenters. The van der Waals surface area contributed by atoms with Crippen LogP contribution in [0, 0.1) is 0 Å². The van der Waals surface area contributed by atoms with Crippen molar-refractivity contribution in [2.24, 2.45) is 0 Å². The smallest absolute Gasteiger partial charge is 0.255 e. The number of aromatic nitrogens is 2. The highest BCUT2D eigenvalue weighted by atomic mass is 16.5. The van der Waals surface area contributed by atoms with E-state index in [-0.39, 0.29) is 5.91 Å². The number of benzene rings is 4. The van der Waals surface area contributed by atoms with Gasteiger partial charge in [-0.05, 0) is 29.3 Å². The van der Waals surface area contributed by atoms with Crippen LogP contribution in [0.5, 0.6) is 17.2 Å². The molecule has 8 nitrogen and oxygen atoms in total. The van der Waals surface area contributed by atoms with E-state index < -0.39 is 0 Å². The lowest BCUT2D eigenvalue weighted by molar-refractivity contribution is 0.102. The number of methoxy groups -OCH3 is 3. The topological polar surface area (TPSA) is 77.9 Å². The van der Waals surface area contributed by atoms with Gasteiger partial charge in [-0.1, -0.05) is 66.7 Å². The summed E-state index contributed by atoms with van der Waals surface area (Å²) in [4.78, 5) is 15.5. The summed E-state index contributed by atoms with van der Waals surface area (Å²) in [5.41, 5.74) is 5.17. The average Bonchev–Trinajstić information content (AvgIpc) is 3.52. The summed E-state index contributed by atoms with van der Waals surface area (Å²) in [7, 11) is 4.60. The van der Waals surface area contributed by atoms with Crippen LogP contribution in [0.2, 0.25) is 0 Å². The van der Waals surface area contributed by atoms with Gasteiger partial charge in [0.05, 0.1) is 45.1 Å². The third kappa shape index (κ3) is 6.50. The summed E-state index contributed by atoms with van der Waals surface area (Å²) in [5, 5.41) is 7.56. The Morgan fingerprint density at radius 1 is 0.780 bits per heavy atom. The molecule has 1 N–H and O–H groups in total. The Bertz CT molecular complexity index is 1540. The molecule has 4 aromatic carbocycles. The molecule has 0 bridgehead atoms. The first-order chi connectivity index (χ1) is 20.1. The molecule has 0 unspecified atom stereocenters. The molecule has 0 saturated carbocycles. The van der Waals surface area contributed by atoms with E-state index in [0.29, 0.717) is 28.5 Å². The van der Waals surface area contributed by atoms with Crippen molar-refractivity contribution in [2.75, 3.05) is 31.5 Å². The van der Waals surface area contributed by atoms with Crippen LogP contribution in [0.15, 0.2) is 109 Å². The largest absolute Gasteiger partial charge is 0.493 e. The van der Waals surface area contributed by atoms with Crippen LogP contribution in [0.4, 0.5) is 11.4 Å². The van der Waals surface area contributed by atoms with E-state index >= 15 is 0 Å². The number of hydrogen-bond acceptors (Lipinski definition) is 6. The molecule has 0 radical (unpaired) electrons. The Hall–Kier alpha value is -5.24. The van der Waals surface area contributed by atoms with E-state index in [1.807, 2.05) is 67.0 Å². The molecule has 5 rings (SSSR count). The minimum absolute atomic E-state index is 0.275. The summed E-state index contributed by atoms with van der Waals surface area (Å²) in [5.74, 6) is 1.09. The van der Waals surface area contributed by atoms with Crippen LogP contribution >= 0.6 is 0 Å². The number of nitrogens with one attached hydrogen (secondary N) is 1. The second kappa shape index (κ2) is 12.7. The van der Waals surface area contributed by atoms with Crippen molar-refractivity contribution in [1.29, 1.82) is 0 Å². The molecule has 0 spiro atoms. The van der Waals surface area contributed by atoms with Crippen molar-refractivity contribution in [2.45, 2.75) is 13.1 Å². The van der Waals surface area contributed by atoms with E-state index in [1.54, 1.807) is 22.9 Å². The molecular formula is C33H32N4O4. The fourth-order valence-electron chi connectivity index (χ4n) is 4.61. The van der Waals surface area contributed by atoms with Crippen LogP contribution in [-0.2, 0) is 13.1 Å². The Morgan fingerprint density at radius 3 is 1.95 bits per heavy atom. The molecule has 0 saturated heterocycles. The highest BCUT2D eigenvalue weighted by Gasteiger charge is 2.16. The summed E-state index contributed by atoms with van der Waals surface area (Å²) >= 11 is 0. The van der Waals surface area contributed by atoms with Crippen molar-refractivity contribution < 1.29 is 19.0 Å². The van der Waals surface area contributed by atoms with Crippen LogP contribution in [-0.4, -0.2) is 37.0 Å². The fourth-order valence-corrected chi connectivity index (χ4v) is 4.61. The van der Waals surface area contributed by atoms with Crippen LogP contribution in [0.1, 0.15) is 21.5 Å². The van der Waals surface area contributed by atoms with E-state index in [9.17, 15) is 4.79 Å². The average molecular weight is 549 g/mol. The summed E-state index contributed by atoms with van der Waals surface area (Å²) in [6.45, 7) is 1.47. The Balaban J connectivity index is 1.38. The summed E-state index contributed by atoms with van der Waals surface area (Å²) in [6.07, 6.45) is 3.84. The zero-order valence-corrected chi connectivity index (χ0v) is 23.3. The number of ether oxygens (including phenoxy) is 3. The molecule has 8 heteroatoms. The zero-order chi connectivity index (χ0) is 28.6. The number of rotatable bonds is 11. The van der Waals surface area contributed by atoms with Crippen molar-refractivity contribution in [3.05, 3.63) is 126 Å². The lowest BCUT2D eigenvalue weighted by Gasteiger charge is -2.23. The number of anilines is 2. The standard InChI is InChI=1S/C33H32N4O4/c1-39-30-18-27(19-31(40-2)32(30)41-3)35-33(38)26-15-10-16-28(17-26)37-23-29(20-34-37)36(21-24-11-6-4-7-12-24)22-25-13-8-5-9-14-25/h4-20,23H,21-22H2,1-3H3,(H,35,38). The maximum absolute atomic E-state index is 13.2. The summed E-state index contributed by atoms with van der Waals surface area (Å²) in [6, 6.07) is 31.5. The Morgan fingerprint density at radius 2 is 1.39 bits per heavy atom. The number of carbonyl (C=O) groups excluding carboxylic acids is 1.